The minimum atomic E-state index is -2.90. The highest BCUT2D eigenvalue weighted by molar-refractivity contribution is 6.30. The van der Waals surface area contributed by atoms with Gasteiger partial charge in [-0.25, -0.2) is 8.78 Å². The Hall–Kier alpha value is -0.960. The van der Waals surface area contributed by atoms with Gasteiger partial charge in [-0.05, 0) is 17.7 Å². The molecule has 0 aliphatic carbocycles. The molecule has 0 radical (unpaired) electrons. The molecule has 0 aliphatic heterocycles. The minimum Gasteiger partial charge on any atom is -0.293 e. The lowest BCUT2D eigenvalue weighted by Crippen LogP contribution is -2.12. The fourth-order valence-corrected chi connectivity index (χ4v) is 1.14. The van der Waals surface area contributed by atoms with Crippen molar-refractivity contribution >= 4 is 17.4 Å². The standard InChI is InChI=1S/C9H7ClF2O/c10-7-3-1-2-6(4-7)5-8(13)9(11)12/h1-4,9H,5H2. The molecule has 0 aromatic heterocycles. The molecule has 0 spiro atoms. The van der Waals surface area contributed by atoms with Gasteiger partial charge in [0.25, 0.3) is 6.43 Å². The lowest BCUT2D eigenvalue weighted by atomic mass is 10.1. The number of rotatable bonds is 3. The van der Waals surface area contributed by atoms with Gasteiger partial charge in [0.15, 0.2) is 0 Å². The molecule has 13 heavy (non-hydrogen) atoms. The van der Waals surface area contributed by atoms with Crippen molar-refractivity contribution in [3.8, 4) is 0 Å². The third-order valence-electron chi connectivity index (χ3n) is 1.51. The van der Waals surface area contributed by atoms with Crippen LogP contribution in [-0.2, 0) is 11.2 Å². The average molecular weight is 205 g/mol. The molecule has 0 saturated carbocycles. The van der Waals surface area contributed by atoms with E-state index in [-0.39, 0.29) is 6.42 Å². The van der Waals surface area contributed by atoms with Gasteiger partial charge >= 0.3 is 0 Å². The average Bonchev–Trinajstić information content (AvgIpc) is 2.04. The second kappa shape index (κ2) is 4.33. The fourth-order valence-electron chi connectivity index (χ4n) is 0.925. The summed E-state index contributed by atoms with van der Waals surface area (Å²) in [5, 5.41) is 0.444. The van der Waals surface area contributed by atoms with E-state index in [0.717, 1.165) is 0 Å². The normalized spacial score (nSPS) is 10.5. The summed E-state index contributed by atoms with van der Waals surface area (Å²) in [7, 11) is 0. The first-order valence-corrected chi connectivity index (χ1v) is 4.02. The second-order valence-electron chi connectivity index (χ2n) is 2.57. The van der Waals surface area contributed by atoms with Crippen LogP contribution >= 0.6 is 11.6 Å². The number of halogens is 3. The molecule has 1 aromatic carbocycles. The van der Waals surface area contributed by atoms with Crippen molar-refractivity contribution in [3.63, 3.8) is 0 Å². The highest BCUT2D eigenvalue weighted by Gasteiger charge is 2.15. The first-order valence-electron chi connectivity index (χ1n) is 3.65. The van der Waals surface area contributed by atoms with Crippen LogP contribution in [0.15, 0.2) is 24.3 Å². The Morgan fingerprint density at radius 3 is 2.69 bits per heavy atom. The largest absolute Gasteiger partial charge is 0.296 e. The van der Waals surface area contributed by atoms with E-state index in [0.29, 0.717) is 10.6 Å². The molecule has 4 heteroatoms. The molecule has 0 heterocycles. The van der Waals surface area contributed by atoms with Crippen LogP contribution in [0.5, 0.6) is 0 Å². The first kappa shape index (κ1) is 10.1. The highest BCUT2D eigenvalue weighted by Crippen LogP contribution is 2.12. The number of benzene rings is 1. The van der Waals surface area contributed by atoms with Crippen LogP contribution in [0.1, 0.15) is 5.56 Å². The maximum absolute atomic E-state index is 11.8. The van der Waals surface area contributed by atoms with Crippen molar-refractivity contribution in [2.24, 2.45) is 0 Å². The van der Waals surface area contributed by atoms with Gasteiger partial charge in [0.05, 0.1) is 0 Å². The Morgan fingerprint density at radius 1 is 1.46 bits per heavy atom. The van der Waals surface area contributed by atoms with Crippen LogP contribution in [0.4, 0.5) is 8.78 Å². The lowest BCUT2D eigenvalue weighted by molar-refractivity contribution is -0.128. The molecule has 70 valence electrons. The van der Waals surface area contributed by atoms with Crippen LogP contribution in [0.3, 0.4) is 0 Å². The minimum absolute atomic E-state index is 0.266. The summed E-state index contributed by atoms with van der Waals surface area (Å²) in [4.78, 5) is 10.6. The van der Waals surface area contributed by atoms with Crippen molar-refractivity contribution in [3.05, 3.63) is 34.9 Å². The molecule has 0 unspecified atom stereocenters. The maximum atomic E-state index is 11.8. The summed E-state index contributed by atoms with van der Waals surface area (Å²) < 4.78 is 23.7. The maximum Gasteiger partial charge on any atom is 0.296 e. The van der Waals surface area contributed by atoms with Crippen LogP contribution in [0, 0.1) is 0 Å². The molecule has 0 atom stereocenters. The Balaban J connectivity index is 2.69. The molecule has 1 nitrogen and oxygen atoms in total. The summed E-state index contributed by atoms with van der Waals surface area (Å²) in [6.07, 6.45) is -3.17. The zero-order valence-corrected chi connectivity index (χ0v) is 7.39. The third kappa shape index (κ3) is 3.11. The lowest BCUT2D eigenvalue weighted by Gasteiger charge is -1.99. The van der Waals surface area contributed by atoms with E-state index >= 15 is 0 Å². The Labute approximate surface area is 79.3 Å². The highest BCUT2D eigenvalue weighted by atomic mass is 35.5. The fraction of sp³-hybridized carbons (Fsp3) is 0.222. The summed E-state index contributed by atoms with van der Waals surface area (Å²) in [5.41, 5.74) is 0.512. The van der Waals surface area contributed by atoms with Crippen molar-refractivity contribution < 1.29 is 13.6 Å². The molecule has 0 N–H and O–H groups in total. The van der Waals surface area contributed by atoms with Gasteiger partial charge in [0.1, 0.15) is 0 Å². The zero-order valence-electron chi connectivity index (χ0n) is 6.64. The van der Waals surface area contributed by atoms with Crippen LogP contribution in [-0.4, -0.2) is 12.2 Å². The Kier molecular flexibility index (Phi) is 3.37. The van der Waals surface area contributed by atoms with E-state index < -0.39 is 12.2 Å². The van der Waals surface area contributed by atoms with Gasteiger partial charge in [-0.1, -0.05) is 23.7 Å². The molecular weight excluding hydrogens is 198 g/mol. The molecule has 0 aliphatic rings. The topological polar surface area (TPSA) is 17.1 Å². The number of hydrogen-bond donors (Lipinski definition) is 0. The first-order chi connectivity index (χ1) is 6.09. The third-order valence-corrected chi connectivity index (χ3v) is 1.75. The summed E-state index contributed by atoms with van der Waals surface area (Å²) in [6, 6.07) is 6.34. The quantitative estimate of drug-likeness (QED) is 0.740. The Morgan fingerprint density at radius 2 is 2.15 bits per heavy atom. The number of hydrogen-bond acceptors (Lipinski definition) is 1. The summed E-state index contributed by atoms with van der Waals surface area (Å²) in [6.45, 7) is 0. The number of carbonyl (C=O) groups is 1. The molecule has 1 aromatic rings. The molecule has 0 fully saturated rings. The summed E-state index contributed by atoms with van der Waals surface area (Å²) >= 11 is 5.61. The number of carbonyl (C=O) groups excluding carboxylic acids is 1. The van der Waals surface area contributed by atoms with Crippen LogP contribution in [0.25, 0.3) is 0 Å². The number of ketones is 1. The van der Waals surface area contributed by atoms with Gasteiger partial charge in [-0.15, -0.1) is 0 Å². The van der Waals surface area contributed by atoms with E-state index in [1.54, 1.807) is 18.2 Å². The Bertz CT molecular complexity index is 312. The van der Waals surface area contributed by atoms with E-state index in [9.17, 15) is 13.6 Å². The van der Waals surface area contributed by atoms with Crippen molar-refractivity contribution in [2.45, 2.75) is 12.8 Å². The number of alkyl halides is 2. The van der Waals surface area contributed by atoms with Gasteiger partial charge in [-0.2, -0.15) is 0 Å². The SMILES string of the molecule is O=C(Cc1cccc(Cl)c1)C(F)F. The summed E-state index contributed by atoms with van der Waals surface area (Å²) in [5.74, 6) is -1.08. The van der Waals surface area contributed by atoms with E-state index in [2.05, 4.69) is 0 Å². The van der Waals surface area contributed by atoms with Crippen LogP contribution < -0.4 is 0 Å². The monoisotopic (exact) mass is 204 g/mol. The van der Waals surface area contributed by atoms with Gasteiger partial charge in [0, 0.05) is 11.4 Å². The zero-order chi connectivity index (χ0) is 9.84. The smallest absolute Gasteiger partial charge is 0.293 e. The predicted molar refractivity (Wildman–Crippen MR) is 46.2 cm³/mol. The van der Waals surface area contributed by atoms with Gasteiger partial charge in [0.2, 0.25) is 5.78 Å². The van der Waals surface area contributed by atoms with E-state index in [1.165, 1.54) is 6.07 Å². The molecule has 0 bridgehead atoms. The van der Waals surface area contributed by atoms with Crippen molar-refractivity contribution in [1.82, 2.24) is 0 Å². The molecular formula is C9H7ClF2O. The second-order valence-corrected chi connectivity index (χ2v) is 3.01. The molecule has 1 rings (SSSR count). The van der Waals surface area contributed by atoms with E-state index in [1.807, 2.05) is 0 Å². The molecule has 0 saturated heterocycles. The number of Topliss-reactive ketones (excluding diaryl/α,β-unsaturated/α-hetero) is 1. The predicted octanol–water partition coefficient (Wildman–Crippen LogP) is 2.72. The van der Waals surface area contributed by atoms with Crippen molar-refractivity contribution in [1.29, 1.82) is 0 Å². The van der Waals surface area contributed by atoms with Crippen LogP contribution in [0.2, 0.25) is 5.02 Å². The van der Waals surface area contributed by atoms with Gasteiger partial charge in [-0.3, -0.25) is 4.79 Å². The van der Waals surface area contributed by atoms with Crippen molar-refractivity contribution in [2.75, 3.05) is 0 Å². The van der Waals surface area contributed by atoms with E-state index in [4.69, 9.17) is 11.6 Å². The molecule has 0 amide bonds. The van der Waals surface area contributed by atoms with Gasteiger partial charge < -0.3 is 0 Å².